The molecule has 0 saturated heterocycles. The van der Waals surface area contributed by atoms with E-state index in [4.69, 9.17) is 4.74 Å². The Morgan fingerprint density at radius 1 is 1.40 bits per heavy atom. The van der Waals surface area contributed by atoms with E-state index in [9.17, 15) is 5.11 Å². The van der Waals surface area contributed by atoms with Gasteiger partial charge in [-0.3, -0.25) is 0 Å². The average Bonchev–Trinajstić information content (AvgIpc) is 2.25. The fourth-order valence-corrected chi connectivity index (χ4v) is 1.35. The van der Waals surface area contributed by atoms with Gasteiger partial charge in [-0.05, 0) is 18.9 Å². The second kappa shape index (κ2) is 6.38. The maximum absolute atomic E-state index is 9.45. The molecule has 0 bridgehead atoms. The Labute approximate surface area is 91.2 Å². The summed E-state index contributed by atoms with van der Waals surface area (Å²) in [6, 6.07) is 9.94. The molecule has 2 nitrogen and oxygen atoms in total. The molecule has 0 fully saturated rings. The molecule has 0 radical (unpaired) electrons. The summed E-state index contributed by atoms with van der Waals surface area (Å²) in [5.41, 5.74) is 1.12. The van der Waals surface area contributed by atoms with E-state index in [1.807, 2.05) is 30.3 Å². The SMILES string of the molecule is C=CC[C@@H](OCc1ccccc1)[C@H](C)O. The highest BCUT2D eigenvalue weighted by Gasteiger charge is 2.13. The molecular weight excluding hydrogens is 188 g/mol. The van der Waals surface area contributed by atoms with Gasteiger partial charge in [0.25, 0.3) is 0 Å². The lowest BCUT2D eigenvalue weighted by Crippen LogP contribution is -2.25. The van der Waals surface area contributed by atoms with Crippen molar-refractivity contribution in [1.82, 2.24) is 0 Å². The molecule has 0 aliphatic rings. The van der Waals surface area contributed by atoms with Crippen molar-refractivity contribution in [1.29, 1.82) is 0 Å². The van der Waals surface area contributed by atoms with Gasteiger partial charge in [0.1, 0.15) is 0 Å². The Bertz CT molecular complexity index is 280. The van der Waals surface area contributed by atoms with Gasteiger partial charge in [-0.2, -0.15) is 0 Å². The van der Waals surface area contributed by atoms with E-state index in [1.165, 1.54) is 0 Å². The van der Waals surface area contributed by atoms with Crippen molar-refractivity contribution in [2.45, 2.75) is 32.2 Å². The predicted molar refractivity (Wildman–Crippen MR) is 61.5 cm³/mol. The van der Waals surface area contributed by atoms with Gasteiger partial charge in [0, 0.05) is 0 Å². The van der Waals surface area contributed by atoms with Gasteiger partial charge >= 0.3 is 0 Å². The molecule has 2 heteroatoms. The molecule has 82 valence electrons. The van der Waals surface area contributed by atoms with E-state index in [0.717, 1.165) is 5.56 Å². The van der Waals surface area contributed by atoms with Crippen molar-refractivity contribution in [3.8, 4) is 0 Å². The second-order valence-electron chi connectivity index (χ2n) is 3.60. The second-order valence-corrected chi connectivity index (χ2v) is 3.60. The van der Waals surface area contributed by atoms with Crippen molar-refractivity contribution in [2.75, 3.05) is 0 Å². The van der Waals surface area contributed by atoms with Crippen LogP contribution in [0.25, 0.3) is 0 Å². The molecule has 1 rings (SSSR count). The monoisotopic (exact) mass is 206 g/mol. The minimum Gasteiger partial charge on any atom is -0.391 e. The van der Waals surface area contributed by atoms with Crippen LogP contribution < -0.4 is 0 Å². The maximum Gasteiger partial charge on any atom is 0.0869 e. The fraction of sp³-hybridized carbons (Fsp3) is 0.385. The van der Waals surface area contributed by atoms with Crippen LogP contribution in [0.4, 0.5) is 0 Å². The molecule has 2 atom stereocenters. The molecule has 0 aromatic heterocycles. The highest BCUT2D eigenvalue weighted by Crippen LogP contribution is 2.09. The zero-order valence-corrected chi connectivity index (χ0v) is 9.10. The zero-order chi connectivity index (χ0) is 11.1. The first-order valence-corrected chi connectivity index (χ1v) is 5.18. The van der Waals surface area contributed by atoms with Crippen LogP contribution in [-0.4, -0.2) is 17.3 Å². The first-order chi connectivity index (χ1) is 7.24. The lowest BCUT2D eigenvalue weighted by molar-refractivity contribution is -0.0358. The molecule has 0 saturated carbocycles. The molecule has 0 aliphatic carbocycles. The third-order valence-electron chi connectivity index (χ3n) is 2.24. The Hall–Kier alpha value is -1.12. The van der Waals surface area contributed by atoms with Crippen LogP contribution in [0, 0.1) is 0 Å². The summed E-state index contributed by atoms with van der Waals surface area (Å²) < 4.78 is 5.61. The van der Waals surface area contributed by atoms with Crippen LogP contribution >= 0.6 is 0 Å². The summed E-state index contributed by atoms with van der Waals surface area (Å²) in [5, 5.41) is 9.45. The lowest BCUT2D eigenvalue weighted by atomic mass is 10.1. The molecule has 0 unspecified atom stereocenters. The summed E-state index contributed by atoms with van der Waals surface area (Å²) >= 11 is 0. The van der Waals surface area contributed by atoms with Crippen molar-refractivity contribution in [3.63, 3.8) is 0 Å². The molecule has 1 aromatic rings. The molecule has 15 heavy (non-hydrogen) atoms. The molecular formula is C13H18O2. The summed E-state index contributed by atoms with van der Waals surface area (Å²) in [5.74, 6) is 0. The van der Waals surface area contributed by atoms with Crippen molar-refractivity contribution in [3.05, 3.63) is 48.6 Å². The topological polar surface area (TPSA) is 29.5 Å². The van der Waals surface area contributed by atoms with Crippen LogP contribution in [0.3, 0.4) is 0 Å². The first kappa shape index (κ1) is 12.0. The molecule has 1 N–H and O–H groups in total. The fourth-order valence-electron chi connectivity index (χ4n) is 1.35. The summed E-state index contributed by atoms with van der Waals surface area (Å²) in [4.78, 5) is 0. The predicted octanol–water partition coefficient (Wildman–Crippen LogP) is 2.53. The summed E-state index contributed by atoms with van der Waals surface area (Å²) in [6.07, 6.45) is 1.81. The Morgan fingerprint density at radius 3 is 2.60 bits per heavy atom. The van der Waals surface area contributed by atoms with E-state index in [2.05, 4.69) is 6.58 Å². The average molecular weight is 206 g/mol. The van der Waals surface area contributed by atoms with E-state index in [0.29, 0.717) is 13.0 Å². The van der Waals surface area contributed by atoms with Crippen LogP contribution in [0.15, 0.2) is 43.0 Å². The molecule has 0 heterocycles. The summed E-state index contributed by atoms with van der Waals surface area (Å²) in [7, 11) is 0. The van der Waals surface area contributed by atoms with Gasteiger partial charge in [0.15, 0.2) is 0 Å². The Morgan fingerprint density at radius 2 is 2.07 bits per heavy atom. The molecule has 0 aliphatic heterocycles. The van der Waals surface area contributed by atoms with Crippen LogP contribution in [-0.2, 0) is 11.3 Å². The van der Waals surface area contributed by atoms with Crippen molar-refractivity contribution < 1.29 is 9.84 Å². The quantitative estimate of drug-likeness (QED) is 0.725. The highest BCUT2D eigenvalue weighted by molar-refractivity contribution is 5.13. The Kier molecular flexibility index (Phi) is 5.08. The molecule has 0 spiro atoms. The van der Waals surface area contributed by atoms with Gasteiger partial charge < -0.3 is 9.84 Å². The normalized spacial score (nSPS) is 14.5. The van der Waals surface area contributed by atoms with Gasteiger partial charge in [-0.1, -0.05) is 36.4 Å². The minimum atomic E-state index is -0.466. The maximum atomic E-state index is 9.45. The standard InChI is InChI=1S/C13H18O2/c1-3-7-13(11(2)14)15-10-12-8-5-4-6-9-12/h3-6,8-9,11,13-14H,1,7,10H2,2H3/t11-,13+/m0/s1. The third-order valence-corrected chi connectivity index (χ3v) is 2.24. The van der Waals surface area contributed by atoms with E-state index >= 15 is 0 Å². The van der Waals surface area contributed by atoms with E-state index in [1.54, 1.807) is 13.0 Å². The van der Waals surface area contributed by atoms with Crippen molar-refractivity contribution in [2.24, 2.45) is 0 Å². The third kappa shape index (κ3) is 4.28. The minimum absolute atomic E-state index is 0.164. The van der Waals surface area contributed by atoms with Crippen molar-refractivity contribution >= 4 is 0 Å². The van der Waals surface area contributed by atoms with Gasteiger partial charge in [0.05, 0.1) is 18.8 Å². The molecule has 1 aromatic carbocycles. The number of hydrogen-bond acceptors (Lipinski definition) is 2. The number of aliphatic hydroxyl groups is 1. The van der Waals surface area contributed by atoms with Crippen LogP contribution in [0.5, 0.6) is 0 Å². The van der Waals surface area contributed by atoms with Crippen LogP contribution in [0.1, 0.15) is 18.9 Å². The molecule has 0 amide bonds. The number of ether oxygens (including phenoxy) is 1. The number of benzene rings is 1. The van der Waals surface area contributed by atoms with E-state index < -0.39 is 6.10 Å². The highest BCUT2D eigenvalue weighted by atomic mass is 16.5. The van der Waals surface area contributed by atoms with Gasteiger partial charge in [-0.15, -0.1) is 6.58 Å². The van der Waals surface area contributed by atoms with Gasteiger partial charge in [-0.25, -0.2) is 0 Å². The van der Waals surface area contributed by atoms with Crippen LogP contribution in [0.2, 0.25) is 0 Å². The lowest BCUT2D eigenvalue weighted by Gasteiger charge is -2.19. The zero-order valence-electron chi connectivity index (χ0n) is 9.10. The number of aliphatic hydroxyl groups excluding tert-OH is 1. The summed E-state index contributed by atoms with van der Waals surface area (Å²) in [6.45, 7) is 5.91. The largest absolute Gasteiger partial charge is 0.391 e. The number of hydrogen-bond donors (Lipinski definition) is 1. The number of rotatable bonds is 6. The Balaban J connectivity index is 2.43. The van der Waals surface area contributed by atoms with E-state index in [-0.39, 0.29) is 6.10 Å². The smallest absolute Gasteiger partial charge is 0.0869 e. The first-order valence-electron chi connectivity index (χ1n) is 5.18. The van der Waals surface area contributed by atoms with Gasteiger partial charge in [0.2, 0.25) is 0 Å².